The van der Waals surface area contributed by atoms with Crippen LogP contribution >= 0.6 is 0 Å². The Morgan fingerprint density at radius 2 is 2.09 bits per heavy atom. The molecule has 1 aliphatic heterocycles. The number of hydrogen-bond acceptors (Lipinski definition) is 4. The molecule has 0 bridgehead atoms. The van der Waals surface area contributed by atoms with E-state index in [0.717, 1.165) is 44.2 Å². The number of para-hydroxylation sites is 1. The first-order valence-electron chi connectivity index (χ1n) is 8.00. The topological polar surface area (TPSA) is 50.8 Å². The van der Waals surface area contributed by atoms with E-state index in [1.165, 1.54) is 0 Å². The maximum absolute atomic E-state index is 12.3. The molecule has 22 heavy (non-hydrogen) atoms. The number of nitrogens with zero attached hydrogens (tertiary/aromatic N) is 1. The highest BCUT2D eigenvalue weighted by molar-refractivity contribution is 5.81. The molecular weight excluding hydrogens is 280 g/mol. The average molecular weight is 306 g/mol. The molecule has 0 aliphatic carbocycles. The third kappa shape index (κ3) is 5.00. The van der Waals surface area contributed by atoms with E-state index >= 15 is 0 Å². The summed E-state index contributed by atoms with van der Waals surface area (Å²) >= 11 is 0. The number of morpholine rings is 1. The lowest BCUT2D eigenvalue weighted by atomic mass is 10.2. The molecule has 1 aromatic carbocycles. The van der Waals surface area contributed by atoms with Crippen molar-refractivity contribution in [3.63, 3.8) is 0 Å². The minimum Gasteiger partial charge on any atom is -0.480 e. The van der Waals surface area contributed by atoms with Crippen molar-refractivity contribution in [2.24, 2.45) is 0 Å². The van der Waals surface area contributed by atoms with Gasteiger partial charge in [0.1, 0.15) is 5.75 Å². The number of aryl methyl sites for hydroxylation is 1. The fourth-order valence-electron chi connectivity index (χ4n) is 2.44. The summed E-state index contributed by atoms with van der Waals surface area (Å²) in [5.41, 5.74) is 1.04. The highest BCUT2D eigenvalue weighted by Crippen LogP contribution is 2.18. The van der Waals surface area contributed by atoms with Gasteiger partial charge < -0.3 is 14.8 Å². The maximum atomic E-state index is 12.3. The van der Waals surface area contributed by atoms with Crippen LogP contribution in [0.3, 0.4) is 0 Å². The zero-order chi connectivity index (χ0) is 15.8. The molecular formula is C17H26N2O3. The summed E-state index contributed by atoms with van der Waals surface area (Å²) in [4.78, 5) is 14.6. The monoisotopic (exact) mass is 306 g/mol. The zero-order valence-corrected chi connectivity index (χ0v) is 13.5. The summed E-state index contributed by atoms with van der Waals surface area (Å²) in [7, 11) is 0. The number of rotatable bonds is 7. The van der Waals surface area contributed by atoms with Gasteiger partial charge in [0.15, 0.2) is 6.10 Å². The number of hydrogen-bond donors (Lipinski definition) is 1. The lowest BCUT2D eigenvalue weighted by Crippen LogP contribution is -2.44. The predicted octanol–water partition coefficient (Wildman–Crippen LogP) is 1.60. The van der Waals surface area contributed by atoms with Crippen molar-refractivity contribution in [2.45, 2.75) is 26.4 Å². The van der Waals surface area contributed by atoms with Crippen LogP contribution in [-0.4, -0.2) is 56.3 Å². The van der Waals surface area contributed by atoms with Crippen molar-refractivity contribution in [1.82, 2.24) is 10.2 Å². The van der Waals surface area contributed by atoms with E-state index in [-0.39, 0.29) is 5.91 Å². The normalized spacial score (nSPS) is 17.0. The van der Waals surface area contributed by atoms with Gasteiger partial charge in [-0.3, -0.25) is 9.69 Å². The highest BCUT2D eigenvalue weighted by Gasteiger charge is 2.19. The Morgan fingerprint density at radius 3 is 2.77 bits per heavy atom. The van der Waals surface area contributed by atoms with Gasteiger partial charge in [-0.25, -0.2) is 0 Å². The third-order valence-corrected chi connectivity index (χ3v) is 3.86. The van der Waals surface area contributed by atoms with E-state index in [2.05, 4.69) is 10.2 Å². The Morgan fingerprint density at radius 1 is 1.36 bits per heavy atom. The molecule has 5 heteroatoms. The maximum Gasteiger partial charge on any atom is 0.261 e. The first-order valence-corrected chi connectivity index (χ1v) is 8.00. The fraction of sp³-hybridized carbons (Fsp3) is 0.588. The van der Waals surface area contributed by atoms with Gasteiger partial charge in [0.2, 0.25) is 0 Å². The molecule has 0 unspecified atom stereocenters. The van der Waals surface area contributed by atoms with Crippen molar-refractivity contribution in [1.29, 1.82) is 0 Å². The van der Waals surface area contributed by atoms with Gasteiger partial charge in [0, 0.05) is 26.2 Å². The number of benzene rings is 1. The van der Waals surface area contributed by atoms with Crippen molar-refractivity contribution >= 4 is 5.91 Å². The van der Waals surface area contributed by atoms with Crippen LogP contribution in [0.25, 0.3) is 0 Å². The minimum absolute atomic E-state index is 0.0426. The second-order valence-electron chi connectivity index (χ2n) is 5.53. The Labute approximate surface area is 132 Å². The van der Waals surface area contributed by atoms with Crippen LogP contribution in [-0.2, 0) is 9.53 Å². The molecule has 1 amide bonds. The summed E-state index contributed by atoms with van der Waals surface area (Å²) in [6.07, 6.45) is 0.211. The van der Waals surface area contributed by atoms with Crippen LogP contribution in [0.1, 0.15) is 18.9 Å². The summed E-state index contributed by atoms with van der Waals surface area (Å²) < 4.78 is 11.2. The zero-order valence-electron chi connectivity index (χ0n) is 13.5. The van der Waals surface area contributed by atoms with E-state index < -0.39 is 6.10 Å². The minimum atomic E-state index is -0.439. The molecule has 0 aromatic heterocycles. The predicted molar refractivity (Wildman–Crippen MR) is 86.2 cm³/mol. The number of ether oxygens (including phenoxy) is 2. The molecule has 122 valence electrons. The standard InChI is InChI=1S/C17H26N2O3/c1-3-15(22-16-7-5-4-6-14(16)2)17(20)18-8-9-19-10-12-21-13-11-19/h4-7,15H,3,8-13H2,1-2H3,(H,18,20)/t15-/m1/s1. The van der Waals surface area contributed by atoms with Gasteiger partial charge in [-0.15, -0.1) is 0 Å². The van der Waals surface area contributed by atoms with Crippen molar-refractivity contribution in [2.75, 3.05) is 39.4 Å². The van der Waals surface area contributed by atoms with E-state index in [9.17, 15) is 4.79 Å². The second-order valence-corrected chi connectivity index (χ2v) is 5.53. The van der Waals surface area contributed by atoms with Gasteiger partial charge in [0.25, 0.3) is 5.91 Å². The molecule has 1 fully saturated rings. The summed E-state index contributed by atoms with van der Waals surface area (Å²) in [5, 5.41) is 2.97. The van der Waals surface area contributed by atoms with Gasteiger partial charge in [0.05, 0.1) is 13.2 Å². The highest BCUT2D eigenvalue weighted by atomic mass is 16.5. The van der Waals surface area contributed by atoms with Gasteiger partial charge in [-0.05, 0) is 25.0 Å². The molecule has 1 atom stereocenters. The van der Waals surface area contributed by atoms with Gasteiger partial charge in [-0.1, -0.05) is 25.1 Å². The fourth-order valence-corrected chi connectivity index (χ4v) is 2.44. The second kappa shape index (κ2) is 8.76. The SMILES string of the molecule is CC[C@@H](Oc1ccccc1C)C(=O)NCCN1CCOCC1. The van der Waals surface area contributed by atoms with Gasteiger partial charge in [-0.2, -0.15) is 0 Å². The van der Waals surface area contributed by atoms with E-state index in [0.29, 0.717) is 13.0 Å². The molecule has 1 aliphatic rings. The van der Waals surface area contributed by atoms with Crippen LogP contribution in [0, 0.1) is 6.92 Å². The third-order valence-electron chi connectivity index (χ3n) is 3.86. The number of carbonyl (C=O) groups is 1. The first kappa shape index (κ1) is 16.8. The molecule has 1 N–H and O–H groups in total. The van der Waals surface area contributed by atoms with Crippen LogP contribution in [0.5, 0.6) is 5.75 Å². The van der Waals surface area contributed by atoms with Crippen LogP contribution in [0.15, 0.2) is 24.3 Å². The van der Waals surface area contributed by atoms with E-state index in [1.807, 2.05) is 38.1 Å². The Hall–Kier alpha value is -1.59. The number of amides is 1. The summed E-state index contributed by atoms with van der Waals surface area (Å²) in [5.74, 6) is 0.733. The number of nitrogens with one attached hydrogen (secondary N) is 1. The quantitative estimate of drug-likeness (QED) is 0.831. The van der Waals surface area contributed by atoms with Crippen LogP contribution in [0.2, 0.25) is 0 Å². The molecule has 0 saturated carbocycles. The first-order chi connectivity index (χ1) is 10.7. The molecule has 2 rings (SSSR count). The molecule has 1 aromatic rings. The van der Waals surface area contributed by atoms with E-state index in [1.54, 1.807) is 0 Å². The summed E-state index contributed by atoms with van der Waals surface area (Å²) in [6, 6.07) is 7.77. The summed E-state index contributed by atoms with van der Waals surface area (Å²) in [6.45, 7) is 8.88. The molecule has 0 spiro atoms. The lowest BCUT2D eigenvalue weighted by Gasteiger charge is -2.27. The van der Waals surface area contributed by atoms with Crippen molar-refractivity contribution < 1.29 is 14.3 Å². The molecule has 0 radical (unpaired) electrons. The van der Waals surface area contributed by atoms with Crippen LogP contribution < -0.4 is 10.1 Å². The van der Waals surface area contributed by atoms with Crippen molar-refractivity contribution in [3.05, 3.63) is 29.8 Å². The van der Waals surface area contributed by atoms with Gasteiger partial charge >= 0.3 is 0 Å². The average Bonchev–Trinajstić information content (AvgIpc) is 2.55. The van der Waals surface area contributed by atoms with Crippen LogP contribution in [0.4, 0.5) is 0 Å². The Kier molecular flexibility index (Phi) is 6.68. The Balaban J connectivity index is 1.77. The largest absolute Gasteiger partial charge is 0.480 e. The molecule has 1 heterocycles. The smallest absolute Gasteiger partial charge is 0.261 e. The lowest BCUT2D eigenvalue weighted by molar-refractivity contribution is -0.128. The Bertz CT molecular complexity index is 473. The molecule has 1 saturated heterocycles. The number of carbonyl (C=O) groups excluding carboxylic acids is 1. The van der Waals surface area contributed by atoms with E-state index in [4.69, 9.17) is 9.47 Å². The van der Waals surface area contributed by atoms with Crippen molar-refractivity contribution in [3.8, 4) is 5.75 Å². The molecule has 5 nitrogen and oxygen atoms in total.